The number of fused-ring (bicyclic) bond motifs is 9. The van der Waals surface area contributed by atoms with Crippen LogP contribution in [0, 0.1) is 0 Å². The summed E-state index contributed by atoms with van der Waals surface area (Å²) < 4.78 is 8.89. The van der Waals surface area contributed by atoms with Crippen molar-refractivity contribution in [2.24, 2.45) is 0 Å². The van der Waals surface area contributed by atoms with Crippen molar-refractivity contribution in [3.63, 3.8) is 0 Å². The number of benzene rings is 8. The van der Waals surface area contributed by atoms with Gasteiger partial charge in [0.25, 0.3) is 0 Å². The van der Waals surface area contributed by atoms with Gasteiger partial charge in [-0.25, -0.2) is 0 Å². The molecule has 1 aliphatic rings. The molecule has 3 heteroatoms. The lowest BCUT2D eigenvalue weighted by atomic mass is 9.98. The van der Waals surface area contributed by atoms with Gasteiger partial charge in [0.1, 0.15) is 11.2 Å². The normalized spacial score (nSPS) is 12.7. The van der Waals surface area contributed by atoms with Gasteiger partial charge in [-0.05, 0) is 81.4 Å². The van der Waals surface area contributed by atoms with Crippen LogP contribution in [-0.2, 0) is 0 Å². The number of para-hydroxylation sites is 2. The fraction of sp³-hybridized carbons (Fsp3) is 0. The van der Waals surface area contributed by atoms with E-state index in [2.05, 4.69) is 174 Å². The molecule has 3 heterocycles. The number of rotatable bonds is 4. The number of hydrogen-bond acceptors (Lipinski definition) is 1. The summed E-state index contributed by atoms with van der Waals surface area (Å²) >= 11 is 0. The van der Waals surface area contributed by atoms with Crippen LogP contribution in [0.4, 0.5) is 0 Å². The Morgan fingerprint density at radius 3 is 1.67 bits per heavy atom. The zero-order valence-electron chi connectivity index (χ0n) is 27.8. The second-order valence-electron chi connectivity index (χ2n) is 13.7. The molecule has 10 aromatic rings. The Morgan fingerprint density at radius 1 is 0.373 bits per heavy atom. The first-order valence-electron chi connectivity index (χ1n) is 17.6. The lowest BCUT2D eigenvalue weighted by Crippen LogP contribution is -2.21. The minimum Gasteiger partial charge on any atom is -0.455 e. The van der Waals surface area contributed by atoms with Crippen LogP contribution in [0.3, 0.4) is 0 Å². The maximum atomic E-state index is 6.42. The highest BCUT2D eigenvalue weighted by Gasteiger charge is 2.23. The van der Waals surface area contributed by atoms with Gasteiger partial charge in [-0.3, -0.25) is 0 Å². The molecule has 0 saturated heterocycles. The van der Waals surface area contributed by atoms with E-state index >= 15 is 0 Å². The number of furan rings is 1. The van der Waals surface area contributed by atoms with Gasteiger partial charge in [0.05, 0.1) is 20.6 Å². The Balaban J connectivity index is 1.03. The van der Waals surface area contributed by atoms with E-state index in [1.54, 1.807) is 0 Å². The summed E-state index contributed by atoms with van der Waals surface area (Å²) in [5, 5.41) is 7.88. The third-order valence-electron chi connectivity index (χ3n) is 10.8. The van der Waals surface area contributed by atoms with Gasteiger partial charge in [0.2, 0.25) is 0 Å². The van der Waals surface area contributed by atoms with Crippen molar-refractivity contribution in [2.45, 2.75) is 0 Å². The molecular formula is C48H31NOSi. The number of nitrogens with zero attached hydrogens (tertiary/aromatic N) is 1. The highest BCUT2D eigenvalue weighted by molar-refractivity contribution is 6.73. The Bertz CT molecular complexity index is 2890. The van der Waals surface area contributed by atoms with Crippen LogP contribution in [0.5, 0.6) is 0 Å². The lowest BCUT2D eigenvalue weighted by Gasteiger charge is -2.11. The molecule has 0 bridgehead atoms. The van der Waals surface area contributed by atoms with Crippen molar-refractivity contribution in [2.75, 3.05) is 0 Å². The summed E-state index contributed by atoms with van der Waals surface area (Å²) in [6.45, 7) is 0. The van der Waals surface area contributed by atoms with Gasteiger partial charge in [-0.1, -0.05) is 144 Å². The van der Waals surface area contributed by atoms with Crippen LogP contribution in [0.2, 0.25) is 0 Å². The molecule has 0 radical (unpaired) electrons. The summed E-state index contributed by atoms with van der Waals surface area (Å²) in [7, 11) is -0.701. The molecule has 51 heavy (non-hydrogen) atoms. The number of aromatic nitrogens is 1. The van der Waals surface area contributed by atoms with Crippen molar-refractivity contribution >= 4 is 63.6 Å². The predicted molar refractivity (Wildman–Crippen MR) is 218 cm³/mol. The third-order valence-corrected chi connectivity index (χ3v) is 12.7. The smallest absolute Gasteiger partial charge is 0.143 e. The molecule has 238 valence electrons. The highest BCUT2D eigenvalue weighted by Crippen LogP contribution is 2.39. The van der Waals surface area contributed by atoms with Crippen molar-refractivity contribution in [3.05, 3.63) is 176 Å². The van der Waals surface area contributed by atoms with Gasteiger partial charge >= 0.3 is 0 Å². The quantitative estimate of drug-likeness (QED) is 0.171. The third kappa shape index (κ3) is 4.42. The summed E-state index contributed by atoms with van der Waals surface area (Å²) in [4.78, 5) is 0. The molecule has 2 nitrogen and oxygen atoms in total. The van der Waals surface area contributed by atoms with Crippen LogP contribution in [-0.4, -0.2) is 14.1 Å². The molecule has 0 fully saturated rings. The van der Waals surface area contributed by atoms with E-state index < -0.39 is 9.52 Å². The van der Waals surface area contributed by atoms with Crippen LogP contribution in [0.15, 0.2) is 180 Å². The molecule has 2 aromatic heterocycles. The minimum absolute atomic E-state index is 0.701. The monoisotopic (exact) mass is 665 g/mol. The van der Waals surface area contributed by atoms with E-state index in [1.807, 2.05) is 6.07 Å². The van der Waals surface area contributed by atoms with Crippen molar-refractivity contribution in [3.8, 4) is 50.2 Å². The first kappa shape index (κ1) is 28.4. The average molecular weight is 666 g/mol. The van der Waals surface area contributed by atoms with Gasteiger partial charge in [0, 0.05) is 32.8 Å². The van der Waals surface area contributed by atoms with E-state index in [0.29, 0.717) is 0 Å². The van der Waals surface area contributed by atoms with Gasteiger partial charge in [0.15, 0.2) is 0 Å². The summed E-state index contributed by atoms with van der Waals surface area (Å²) in [5.41, 5.74) is 15.7. The Hall–Kier alpha value is -6.42. The van der Waals surface area contributed by atoms with Crippen molar-refractivity contribution in [1.82, 2.24) is 4.57 Å². The Kier molecular flexibility index (Phi) is 6.15. The minimum atomic E-state index is -0.701. The fourth-order valence-electron chi connectivity index (χ4n) is 8.40. The van der Waals surface area contributed by atoms with Crippen LogP contribution < -0.4 is 10.4 Å². The summed E-state index contributed by atoms with van der Waals surface area (Å²) in [5.74, 6) is 0. The van der Waals surface area contributed by atoms with Gasteiger partial charge in [-0.15, -0.1) is 0 Å². The zero-order chi connectivity index (χ0) is 33.5. The highest BCUT2D eigenvalue weighted by atomic mass is 28.2. The van der Waals surface area contributed by atoms with Crippen molar-refractivity contribution < 1.29 is 4.42 Å². The molecule has 1 aliphatic heterocycles. The molecule has 0 unspecified atom stereocenters. The number of hydrogen-bond donors (Lipinski definition) is 0. The maximum Gasteiger partial charge on any atom is 0.143 e. The average Bonchev–Trinajstić information content (AvgIpc) is 3.86. The maximum absolute atomic E-state index is 6.42. The Labute approximate surface area is 297 Å². The van der Waals surface area contributed by atoms with Crippen molar-refractivity contribution in [1.29, 1.82) is 0 Å². The van der Waals surface area contributed by atoms with E-state index in [0.717, 1.165) is 16.7 Å². The van der Waals surface area contributed by atoms with Crippen LogP contribution >= 0.6 is 0 Å². The zero-order valence-corrected chi connectivity index (χ0v) is 29.2. The van der Waals surface area contributed by atoms with Gasteiger partial charge < -0.3 is 8.98 Å². The molecule has 0 aliphatic carbocycles. The van der Waals surface area contributed by atoms with E-state index in [4.69, 9.17) is 4.42 Å². The van der Waals surface area contributed by atoms with Crippen LogP contribution in [0.1, 0.15) is 0 Å². The molecule has 8 aromatic carbocycles. The lowest BCUT2D eigenvalue weighted by molar-refractivity contribution is 0.670. The first-order valence-corrected chi connectivity index (χ1v) is 19.0. The molecule has 0 atom stereocenters. The fourth-order valence-corrected chi connectivity index (χ4v) is 10.4. The Morgan fingerprint density at radius 2 is 0.961 bits per heavy atom. The first-order chi connectivity index (χ1) is 25.3. The molecule has 0 amide bonds. The standard InChI is InChI=1S/C48H31NOSi/c1-3-10-30(11-4-1)32-19-24-43-41(26-32)42-27-33(31-12-5-2-6-13-31)20-25-44(42)49(43)35-21-23-39-38-22-18-34(28-46(38)51-47(39)29-35)36-15-9-16-40-37-14-7-8-17-45(37)50-48(36)40/h1-29H,51H2. The van der Waals surface area contributed by atoms with E-state index in [1.165, 1.54) is 87.6 Å². The summed E-state index contributed by atoms with van der Waals surface area (Å²) in [6.07, 6.45) is 0. The molecule has 0 saturated carbocycles. The largest absolute Gasteiger partial charge is 0.455 e. The van der Waals surface area contributed by atoms with Crippen LogP contribution in [0.25, 0.3) is 93.9 Å². The summed E-state index contributed by atoms with van der Waals surface area (Å²) in [6, 6.07) is 64.4. The second kappa shape index (κ2) is 11.0. The van der Waals surface area contributed by atoms with E-state index in [9.17, 15) is 0 Å². The van der Waals surface area contributed by atoms with Gasteiger partial charge in [-0.2, -0.15) is 0 Å². The molecular weight excluding hydrogens is 635 g/mol. The molecule has 0 spiro atoms. The molecule has 0 N–H and O–H groups in total. The SMILES string of the molecule is c1ccc(-c2ccc3c(c2)c2cc(-c4ccccc4)ccc2n3-c2ccc3c(c2)[SiH2]c2cc(-c4cccc5c4oc4ccccc45)ccc2-3)cc1. The molecule has 11 rings (SSSR count). The second-order valence-corrected chi connectivity index (χ2v) is 15.6. The topological polar surface area (TPSA) is 18.1 Å². The van der Waals surface area contributed by atoms with E-state index in [-0.39, 0.29) is 0 Å². The predicted octanol–water partition coefficient (Wildman–Crippen LogP) is 10.8.